The number of anilines is 1. The Kier molecular flexibility index (Phi) is 6.07. The number of piperazine rings is 1. The van der Waals surface area contributed by atoms with Gasteiger partial charge in [0.05, 0.1) is 11.5 Å². The van der Waals surface area contributed by atoms with Crippen LogP contribution in [0.5, 0.6) is 0 Å². The Balaban J connectivity index is 1.47. The minimum atomic E-state index is -4.66. The van der Waals surface area contributed by atoms with Gasteiger partial charge in [0.2, 0.25) is 5.91 Å². The third-order valence-corrected chi connectivity index (χ3v) is 6.38. The van der Waals surface area contributed by atoms with E-state index in [4.69, 9.17) is 5.73 Å². The molecule has 172 valence electrons. The van der Waals surface area contributed by atoms with Crippen LogP contribution in [-0.2, 0) is 17.4 Å². The molecule has 1 saturated heterocycles. The normalized spacial score (nSPS) is 19.8. The summed E-state index contributed by atoms with van der Waals surface area (Å²) in [4.78, 5) is 25.6. The molecular formula is C22H25F4N5O. The number of nitrogens with zero attached hydrogens (tertiary/aromatic N) is 4. The molecule has 0 bridgehead atoms. The van der Waals surface area contributed by atoms with Crippen molar-refractivity contribution < 1.29 is 22.4 Å². The van der Waals surface area contributed by atoms with Crippen molar-refractivity contribution in [2.24, 2.45) is 5.73 Å². The Bertz CT molecular complexity index is 1000. The number of nitrogens with two attached hydrogens (primary N) is 1. The third-order valence-electron chi connectivity index (χ3n) is 6.38. The lowest BCUT2D eigenvalue weighted by atomic mass is 9.95. The first-order chi connectivity index (χ1) is 15.2. The summed E-state index contributed by atoms with van der Waals surface area (Å²) in [6.45, 7) is 3.85. The number of halogens is 4. The van der Waals surface area contributed by atoms with E-state index in [2.05, 4.69) is 21.8 Å². The van der Waals surface area contributed by atoms with Gasteiger partial charge in [-0.3, -0.25) is 4.79 Å². The summed E-state index contributed by atoms with van der Waals surface area (Å²) in [7, 11) is 0. The predicted octanol–water partition coefficient (Wildman–Crippen LogP) is 3.08. The highest BCUT2D eigenvalue weighted by Crippen LogP contribution is 2.37. The highest BCUT2D eigenvalue weighted by molar-refractivity contribution is 5.84. The van der Waals surface area contributed by atoms with Gasteiger partial charge in [-0.1, -0.05) is 13.0 Å². The van der Waals surface area contributed by atoms with Gasteiger partial charge >= 0.3 is 6.18 Å². The van der Waals surface area contributed by atoms with Gasteiger partial charge in [0, 0.05) is 49.5 Å². The van der Waals surface area contributed by atoms with Crippen molar-refractivity contribution in [3.63, 3.8) is 0 Å². The summed E-state index contributed by atoms with van der Waals surface area (Å²) in [6, 6.07) is 2.21. The molecular weight excluding hydrogens is 426 g/mol. The quantitative estimate of drug-likeness (QED) is 0.724. The van der Waals surface area contributed by atoms with E-state index in [0.29, 0.717) is 38.2 Å². The molecule has 1 aromatic carbocycles. The van der Waals surface area contributed by atoms with Crippen LogP contribution in [0.2, 0.25) is 0 Å². The minimum absolute atomic E-state index is 0.115. The molecule has 1 aliphatic carbocycles. The van der Waals surface area contributed by atoms with Gasteiger partial charge in [-0.05, 0) is 30.9 Å². The molecule has 4 rings (SSSR count). The van der Waals surface area contributed by atoms with E-state index < -0.39 is 23.5 Å². The minimum Gasteiger partial charge on any atom is -0.353 e. The van der Waals surface area contributed by atoms with Crippen LogP contribution in [0, 0.1) is 5.82 Å². The number of hydrogen-bond donors (Lipinski definition) is 1. The van der Waals surface area contributed by atoms with Crippen molar-refractivity contribution in [3.05, 3.63) is 52.7 Å². The number of rotatable bonds is 4. The third kappa shape index (κ3) is 4.15. The predicted molar refractivity (Wildman–Crippen MR) is 111 cm³/mol. The van der Waals surface area contributed by atoms with Crippen LogP contribution in [-0.4, -0.2) is 53.5 Å². The molecule has 1 aromatic heterocycles. The molecule has 1 fully saturated rings. The molecule has 2 atom stereocenters. The summed E-state index contributed by atoms with van der Waals surface area (Å²) in [5.41, 5.74) is 6.76. The molecule has 2 heterocycles. The van der Waals surface area contributed by atoms with Gasteiger partial charge in [0.15, 0.2) is 0 Å². The number of aryl methyl sites for hydroxylation is 1. The van der Waals surface area contributed by atoms with Gasteiger partial charge < -0.3 is 15.5 Å². The highest BCUT2D eigenvalue weighted by atomic mass is 19.4. The second kappa shape index (κ2) is 8.65. The van der Waals surface area contributed by atoms with Crippen LogP contribution in [0.1, 0.15) is 47.6 Å². The number of hydrogen-bond acceptors (Lipinski definition) is 5. The van der Waals surface area contributed by atoms with Gasteiger partial charge in [-0.15, -0.1) is 0 Å². The van der Waals surface area contributed by atoms with Gasteiger partial charge in [-0.25, -0.2) is 14.4 Å². The fourth-order valence-electron chi connectivity index (χ4n) is 4.58. The van der Waals surface area contributed by atoms with Crippen LogP contribution in [0.4, 0.5) is 23.4 Å². The monoisotopic (exact) mass is 451 g/mol. The number of alkyl halides is 3. The molecule has 0 saturated carbocycles. The fraction of sp³-hybridized carbons (Fsp3) is 0.500. The topological polar surface area (TPSA) is 75.4 Å². The van der Waals surface area contributed by atoms with Crippen molar-refractivity contribution in [1.82, 2.24) is 14.9 Å². The molecule has 0 radical (unpaired) electrons. The van der Waals surface area contributed by atoms with Crippen molar-refractivity contribution in [1.29, 1.82) is 0 Å². The Hall–Kier alpha value is -2.75. The zero-order valence-electron chi connectivity index (χ0n) is 17.7. The Morgan fingerprint density at radius 2 is 1.94 bits per heavy atom. The maximum atomic E-state index is 14.4. The number of benzene rings is 1. The highest BCUT2D eigenvalue weighted by Gasteiger charge is 2.35. The van der Waals surface area contributed by atoms with Crippen LogP contribution < -0.4 is 10.6 Å². The summed E-state index contributed by atoms with van der Waals surface area (Å²) < 4.78 is 52.9. The zero-order valence-corrected chi connectivity index (χ0v) is 17.7. The molecule has 6 nitrogen and oxygen atoms in total. The Labute approximate surface area is 183 Å². The lowest BCUT2D eigenvalue weighted by Crippen LogP contribution is -2.51. The summed E-state index contributed by atoms with van der Waals surface area (Å²) in [6.07, 6.45) is -1.12. The van der Waals surface area contributed by atoms with Crippen molar-refractivity contribution in [2.45, 2.75) is 37.8 Å². The Morgan fingerprint density at radius 3 is 2.56 bits per heavy atom. The molecule has 1 amide bonds. The summed E-state index contributed by atoms with van der Waals surface area (Å²) >= 11 is 0. The van der Waals surface area contributed by atoms with Crippen LogP contribution in [0.15, 0.2) is 24.5 Å². The van der Waals surface area contributed by atoms with E-state index >= 15 is 0 Å². The van der Waals surface area contributed by atoms with Crippen LogP contribution in [0.3, 0.4) is 0 Å². The largest absolute Gasteiger partial charge is 0.416 e. The van der Waals surface area contributed by atoms with E-state index in [9.17, 15) is 22.4 Å². The number of amides is 1. The van der Waals surface area contributed by atoms with Crippen molar-refractivity contribution in [3.8, 4) is 0 Å². The first-order valence-corrected chi connectivity index (χ1v) is 10.6. The first kappa shape index (κ1) is 22.4. The van der Waals surface area contributed by atoms with Gasteiger partial charge in [0.1, 0.15) is 18.0 Å². The van der Waals surface area contributed by atoms with E-state index in [1.807, 2.05) is 0 Å². The van der Waals surface area contributed by atoms with Crippen LogP contribution >= 0.6 is 0 Å². The van der Waals surface area contributed by atoms with Crippen molar-refractivity contribution >= 4 is 11.7 Å². The molecule has 10 heteroatoms. The molecule has 2 aromatic rings. The summed E-state index contributed by atoms with van der Waals surface area (Å²) in [5, 5.41) is 0. The molecule has 0 spiro atoms. The average molecular weight is 451 g/mol. The first-order valence-electron chi connectivity index (χ1n) is 10.6. The number of carbonyl (C=O) groups excluding carboxylic acids is 1. The lowest BCUT2D eigenvalue weighted by Gasteiger charge is -2.37. The number of fused-ring (bicyclic) bond motifs is 1. The molecule has 0 unspecified atom stereocenters. The van der Waals surface area contributed by atoms with Crippen LogP contribution in [0.25, 0.3) is 0 Å². The smallest absolute Gasteiger partial charge is 0.353 e. The van der Waals surface area contributed by atoms with Gasteiger partial charge in [0.25, 0.3) is 0 Å². The van der Waals surface area contributed by atoms with E-state index in [-0.39, 0.29) is 18.0 Å². The maximum absolute atomic E-state index is 14.4. The van der Waals surface area contributed by atoms with Gasteiger partial charge in [-0.2, -0.15) is 13.2 Å². The average Bonchev–Trinajstić information content (AvgIpc) is 3.15. The molecule has 1 aliphatic heterocycles. The van der Waals surface area contributed by atoms with Crippen molar-refractivity contribution in [2.75, 3.05) is 37.6 Å². The molecule has 2 N–H and O–H groups in total. The number of carbonyl (C=O) groups is 1. The molecule has 32 heavy (non-hydrogen) atoms. The fourth-order valence-corrected chi connectivity index (χ4v) is 4.58. The zero-order chi connectivity index (χ0) is 23.0. The summed E-state index contributed by atoms with van der Waals surface area (Å²) in [5.74, 6) is -1.21. The second-order valence-corrected chi connectivity index (χ2v) is 8.33. The van der Waals surface area contributed by atoms with E-state index in [1.165, 1.54) is 5.56 Å². The van der Waals surface area contributed by atoms with E-state index in [0.717, 1.165) is 36.5 Å². The standard InChI is InChI=1S/C22H25F4N5O/c1-13-2-5-18-19(13)20(29-12-28-18)30-6-8-31(9-7-30)21(32)16(11-27)15-4-3-14(10-17(15)23)22(24,25)26/h3-4,10,12-13,16H,2,5-9,11,27H2,1H3/t13-,16-/m1/s1. The number of aromatic nitrogens is 2. The maximum Gasteiger partial charge on any atom is 0.416 e. The molecule has 2 aliphatic rings. The second-order valence-electron chi connectivity index (χ2n) is 8.33. The Morgan fingerprint density at radius 1 is 1.22 bits per heavy atom. The van der Waals surface area contributed by atoms with E-state index in [1.54, 1.807) is 11.2 Å². The SMILES string of the molecule is C[C@@H]1CCc2ncnc(N3CCN(C(=O)[C@H](CN)c4ccc(C(F)(F)F)cc4F)CC3)c21. The lowest BCUT2D eigenvalue weighted by molar-refractivity contribution is -0.137.